The summed E-state index contributed by atoms with van der Waals surface area (Å²) in [5, 5.41) is 11.0. The van der Waals surface area contributed by atoms with Crippen molar-refractivity contribution in [2.75, 3.05) is 14.2 Å². The van der Waals surface area contributed by atoms with Gasteiger partial charge >= 0.3 is 5.69 Å². The van der Waals surface area contributed by atoms with E-state index in [1.807, 2.05) is 0 Å². The first-order valence-electron chi connectivity index (χ1n) is 5.99. The Morgan fingerprint density at radius 2 is 1.76 bits per heavy atom. The van der Waals surface area contributed by atoms with Crippen molar-refractivity contribution in [3.63, 3.8) is 0 Å². The Bertz CT molecular complexity index is 715. The summed E-state index contributed by atoms with van der Waals surface area (Å²) in [6.45, 7) is 0. The van der Waals surface area contributed by atoms with Gasteiger partial charge in [-0.1, -0.05) is 5.92 Å². The molecule has 0 aliphatic carbocycles. The number of methoxy groups -OCH3 is 2. The fraction of sp³-hybridized carbons (Fsp3) is 0.133. The van der Waals surface area contributed by atoms with E-state index in [0.29, 0.717) is 11.3 Å². The van der Waals surface area contributed by atoms with Crippen LogP contribution in [0.15, 0.2) is 36.4 Å². The van der Waals surface area contributed by atoms with Gasteiger partial charge in [-0.25, -0.2) is 0 Å². The van der Waals surface area contributed by atoms with Gasteiger partial charge in [0.25, 0.3) is 0 Å². The first kappa shape index (κ1) is 14.3. The van der Waals surface area contributed by atoms with Crippen LogP contribution < -0.4 is 9.47 Å². The lowest BCUT2D eigenvalue weighted by Crippen LogP contribution is -1.97. The van der Waals surface area contributed by atoms with Crippen molar-refractivity contribution in [2.45, 2.75) is 0 Å². The summed E-state index contributed by atoms with van der Waals surface area (Å²) < 4.78 is 10.0. The van der Waals surface area contributed by atoms with Gasteiger partial charge in [0.2, 0.25) is 5.88 Å². The van der Waals surface area contributed by atoms with Crippen LogP contribution in [0, 0.1) is 22.0 Å². The summed E-state index contributed by atoms with van der Waals surface area (Å²) in [4.78, 5) is 14.4. The molecule has 106 valence electrons. The maximum atomic E-state index is 11.0. The van der Waals surface area contributed by atoms with E-state index in [0.717, 1.165) is 0 Å². The fourth-order valence-corrected chi connectivity index (χ4v) is 1.59. The summed E-state index contributed by atoms with van der Waals surface area (Å²) in [5.74, 6) is 6.52. The van der Waals surface area contributed by atoms with Crippen LogP contribution in [-0.2, 0) is 0 Å². The highest BCUT2D eigenvalue weighted by molar-refractivity contribution is 5.51. The molecule has 0 bridgehead atoms. The van der Waals surface area contributed by atoms with Gasteiger partial charge in [0.05, 0.1) is 19.1 Å². The molecule has 0 aliphatic heterocycles. The summed E-state index contributed by atoms with van der Waals surface area (Å²) in [6.07, 6.45) is 0. The summed E-state index contributed by atoms with van der Waals surface area (Å²) in [7, 11) is 3.01. The van der Waals surface area contributed by atoms with E-state index in [2.05, 4.69) is 16.8 Å². The molecule has 6 nitrogen and oxygen atoms in total. The van der Waals surface area contributed by atoms with Crippen LogP contribution in [-0.4, -0.2) is 24.1 Å². The molecule has 2 aromatic rings. The molecule has 6 heteroatoms. The summed E-state index contributed by atoms with van der Waals surface area (Å²) in [6, 6.07) is 9.80. The first-order valence-corrected chi connectivity index (χ1v) is 5.99. The van der Waals surface area contributed by atoms with E-state index in [4.69, 9.17) is 9.47 Å². The van der Waals surface area contributed by atoms with Gasteiger partial charge in [-0.05, 0) is 30.2 Å². The topological polar surface area (TPSA) is 74.5 Å². The van der Waals surface area contributed by atoms with Crippen molar-refractivity contribution in [1.82, 2.24) is 4.98 Å². The maximum Gasteiger partial charge on any atom is 0.303 e. The molecule has 0 N–H and O–H groups in total. The molecule has 0 spiro atoms. The van der Waals surface area contributed by atoms with E-state index in [1.54, 1.807) is 31.4 Å². The zero-order chi connectivity index (χ0) is 15.2. The highest BCUT2D eigenvalue weighted by Gasteiger charge is 2.14. The Morgan fingerprint density at radius 1 is 1.05 bits per heavy atom. The minimum Gasteiger partial charge on any atom is -0.497 e. The molecule has 0 saturated carbocycles. The number of aromatic nitrogens is 1. The first-order chi connectivity index (χ1) is 10.1. The largest absolute Gasteiger partial charge is 0.497 e. The lowest BCUT2D eigenvalue weighted by molar-refractivity contribution is -0.385. The monoisotopic (exact) mass is 284 g/mol. The maximum absolute atomic E-state index is 11.0. The number of benzene rings is 1. The number of nitrogens with zero attached hydrogens (tertiary/aromatic N) is 2. The van der Waals surface area contributed by atoms with Crippen molar-refractivity contribution in [3.8, 4) is 23.5 Å². The Balaban J connectivity index is 2.37. The highest BCUT2D eigenvalue weighted by Crippen LogP contribution is 2.19. The van der Waals surface area contributed by atoms with E-state index >= 15 is 0 Å². The third kappa shape index (κ3) is 3.48. The molecule has 2 rings (SSSR count). The number of hydrogen-bond acceptors (Lipinski definition) is 5. The molecule has 1 heterocycles. The standard InChI is InChI=1S/C15H12N2O4/c1-20-12-6-3-11(4-7-12)5-8-13-14(17(18)19)9-10-15(16-13)21-2/h3-4,6-7,9-10H,1-2H3. The molecule has 21 heavy (non-hydrogen) atoms. The lowest BCUT2D eigenvalue weighted by atomic mass is 10.2. The smallest absolute Gasteiger partial charge is 0.303 e. The zero-order valence-corrected chi connectivity index (χ0v) is 11.5. The zero-order valence-electron chi connectivity index (χ0n) is 11.5. The lowest BCUT2D eigenvalue weighted by Gasteiger charge is -2.00. The third-order valence-corrected chi connectivity index (χ3v) is 2.67. The average molecular weight is 284 g/mol. The van der Waals surface area contributed by atoms with Crippen LogP contribution in [0.5, 0.6) is 11.6 Å². The van der Waals surface area contributed by atoms with Crippen LogP contribution in [0.3, 0.4) is 0 Å². The second kappa shape index (κ2) is 6.39. The van der Waals surface area contributed by atoms with Crippen LogP contribution in [0.1, 0.15) is 11.3 Å². The molecule has 0 unspecified atom stereocenters. The molecule has 0 radical (unpaired) electrons. The van der Waals surface area contributed by atoms with Crippen LogP contribution in [0.2, 0.25) is 0 Å². The Labute approximate surface area is 121 Å². The number of pyridine rings is 1. The predicted molar refractivity (Wildman–Crippen MR) is 76.4 cm³/mol. The molecule has 1 aromatic heterocycles. The van der Waals surface area contributed by atoms with Crippen molar-refractivity contribution in [3.05, 3.63) is 57.8 Å². The van der Waals surface area contributed by atoms with E-state index < -0.39 is 4.92 Å². The number of hydrogen-bond donors (Lipinski definition) is 0. The highest BCUT2D eigenvalue weighted by atomic mass is 16.6. The minimum atomic E-state index is -0.523. The van der Waals surface area contributed by atoms with E-state index in [1.165, 1.54) is 19.2 Å². The predicted octanol–water partition coefficient (Wildman–Crippen LogP) is 2.41. The average Bonchev–Trinajstić information content (AvgIpc) is 2.52. The van der Waals surface area contributed by atoms with Crippen molar-refractivity contribution in [1.29, 1.82) is 0 Å². The van der Waals surface area contributed by atoms with E-state index in [-0.39, 0.29) is 17.3 Å². The van der Waals surface area contributed by atoms with Crippen LogP contribution in [0.25, 0.3) is 0 Å². The summed E-state index contributed by atoms with van der Waals surface area (Å²) >= 11 is 0. The normalized spacial score (nSPS) is 9.43. The van der Waals surface area contributed by atoms with Gasteiger partial charge in [0.15, 0.2) is 5.69 Å². The Hall–Kier alpha value is -3.07. The Kier molecular flexibility index (Phi) is 4.36. The molecular formula is C15H12N2O4. The van der Waals surface area contributed by atoms with E-state index in [9.17, 15) is 10.1 Å². The SMILES string of the molecule is COc1ccc(C#Cc2nc(OC)ccc2[N+](=O)[O-])cc1. The second-order valence-corrected chi connectivity index (χ2v) is 3.96. The molecular weight excluding hydrogens is 272 g/mol. The second-order valence-electron chi connectivity index (χ2n) is 3.96. The fourth-order valence-electron chi connectivity index (χ4n) is 1.59. The number of rotatable bonds is 3. The Morgan fingerprint density at radius 3 is 2.33 bits per heavy atom. The van der Waals surface area contributed by atoms with Gasteiger partial charge in [0.1, 0.15) is 5.75 Å². The number of nitro groups is 1. The van der Waals surface area contributed by atoms with Crippen LogP contribution >= 0.6 is 0 Å². The molecule has 0 atom stereocenters. The van der Waals surface area contributed by atoms with Gasteiger partial charge in [0, 0.05) is 17.7 Å². The van der Waals surface area contributed by atoms with Crippen molar-refractivity contribution < 1.29 is 14.4 Å². The van der Waals surface area contributed by atoms with Gasteiger partial charge in [-0.3, -0.25) is 10.1 Å². The molecule has 0 aliphatic rings. The molecule has 0 amide bonds. The van der Waals surface area contributed by atoms with Crippen LogP contribution in [0.4, 0.5) is 5.69 Å². The van der Waals surface area contributed by atoms with Crippen molar-refractivity contribution in [2.24, 2.45) is 0 Å². The quantitative estimate of drug-likeness (QED) is 0.491. The van der Waals surface area contributed by atoms with Gasteiger partial charge in [-0.2, -0.15) is 4.98 Å². The minimum absolute atomic E-state index is 0.0650. The van der Waals surface area contributed by atoms with Crippen molar-refractivity contribution >= 4 is 5.69 Å². The third-order valence-electron chi connectivity index (χ3n) is 2.67. The molecule has 1 aromatic carbocycles. The van der Waals surface area contributed by atoms with Gasteiger partial charge < -0.3 is 9.47 Å². The summed E-state index contributed by atoms with van der Waals surface area (Å²) in [5.41, 5.74) is 0.613. The molecule has 0 saturated heterocycles. The number of ether oxygens (including phenoxy) is 2. The molecule has 0 fully saturated rings. The van der Waals surface area contributed by atoms with Gasteiger partial charge in [-0.15, -0.1) is 0 Å².